The largest absolute Gasteiger partial charge is 0.420 e. The summed E-state index contributed by atoms with van der Waals surface area (Å²) in [5.41, 5.74) is 0. The molecule has 2 aromatic rings. The molecule has 1 aliphatic rings. The minimum atomic E-state index is 0.539. The number of hydrogen-bond donors (Lipinski definition) is 0. The average Bonchev–Trinajstić information content (AvgIpc) is 2.76. The van der Waals surface area contributed by atoms with Gasteiger partial charge in [-0.15, -0.1) is 21.5 Å². The molecule has 1 aliphatic carbocycles. The second-order valence-corrected chi connectivity index (χ2v) is 4.92. The Kier molecular flexibility index (Phi) is 1.70. The Morgan fingerprint density at radius 3 is 2.86 bits per heavy atom. The summed E-state index contributed by atoms with van der Waals surface area (Å²) >= 11 is 1.69. The summed E-state index contributed by atoms with van der Waals surface area (Å²) in [5.74, 6) is 2.02. The monoisotopic (exact) mass is 206 g/mol. The molecule has 0 saturated heterocycles. The highest BCUT2D eigenvalue weighted by Gasteiger charge is 2.29. The topological polar surface area (TPSA) is 38.9 Å². The molecular weight excluding hydrogens is 196 g/mol. The highest BCUT2D eigenvalue weighted by atomic mass is 32.1. The molecule has 1 saturated carbocycles. The Hall–Kier alpha value is -1.16. The molecule has 2 aromatic heterocycles. The SMILES string of the molecule is Cc1ccc(-c2nnc(C3CC3)o2)s1. The van der Waals surface area contributed by atoms with Crippen LogP contribution in [0.3, 0.4) is 0 Å². The summed E-state index contributed by atoms with van der Waals surface area (Å²) in [5, 5.41) is 8.11. The van der Waals surface area contributed by atoms with Crippen LogP contribution < -0.4 is 0 Å². The number of hydrogen-bond acceptors (Lipinski definition) is 4. The highest BCUT2D eigenvalue weighted by molar-refractivity contribution is 7.15. The smallest absolute Gasteiger partial charge is 0.257 e. The first-order valence-electron chi connectivity index (χ1n) is 4.73. The molecule has 0 amide bonds. The minimum Gasteiger partial charge on any atom is -0.420 e. The van der Waals surface area contributed by atoms with E-state index in [1.54, 1.807) is 11.3 Å². The number of thiophene rings is 1. The predicted molar refractivity (Wildman–Crippen MR) is 54.3 cm³/mol. The fraction of sp³-hybridized carbons (Fsp3) is 0.400. The maximum absolute atomic E-state index is 5.60. The van der Waals surface area contributed by atoms with Gasteiger partial charge in [0.05, 0.1) is 4.88 Å². The Morgan fingerprint density at radius 2 is 2.21 bits per heavy atom. The van der Waals surface area contributed by atoms with E-state index in [0.717, 1.165) is 10.8 Å². The molecule has 3 nitrogen and oxygen atoms in total. The van der Waals surface area contributed by atoms with Gasteiger partial charge in [0, 0.05) is 10.8 Å². The van der Waals surface area contributed by atoms with Crippen LogP contribution in [0.25, 0.3) is 10.8 Å². The Balaban J connectivity index is 1.95. The van der Waals surface area contributed by atoms with E-state index in [1.807, 2.05) is 6.07 Å². The van der Waals surface area contributed by atoms with Crippen molar-refractivity contribution in [1.82, 2.24) is 10.2 Å². The maximum Gasteiger partial charge on any atom is 0.257 e. The van der Waals surface area contributed by atoms with E-state index < -0.39 is 0 Å². The van der Waals surface area contributed by atoms with Gasteiger partial charge in [-0.2, -0.15) is 0 Å². The molecule has 0 N–H and O–H groups in total. The lowest BCUT2D eigenvalue weighted by Gasteiger charge is -1.86. The number of rotatable bonds is 2. The van der Waals surface area contributed by atoms with Crippen LogP contribution in [0.4, 0.5) is 0 Å². The van der Waals surface area contributed by atoms with Gasteiger partial charge >= 0.3 is 0 Å². The van der Waals surface area contributed by atoms with Crippen LogP contribution in [0, 0.1) is 6.92 Å². The molecule has 72 valence electrons. The van der Waals surface area contributed by atoms with E-state index in [9.17, 15) is 0 Å². The molecule has 14 heavy (non-hydrogen) atoms. The van der Waals surface area contributed by atoms with E-state index >= 15 is 0 Å². The highest BCUT2D eigenvalue weighted by Crippen LogP contribution is 2.40. The quantitative estimate of drug-likeness (QED) is 0.758. The Bertz CT molecular complexity index is 456. The number of aromatic nitrogens is 2. The average molecular weight is 206 g/mol. The van der Waals surface area contributed by atoms with Crippen LogP contribution in [-0.2, 0) is 0 Å². The van der Waals surface area contributed by atoms with E-state index in [1.165, 1.54) is 17.7 Å². The van der Waals surface area contributed by atoms with Crippen molar-refractivity contribution in [2.24, 2.45) is 0 Å². The molecule has 0 aromatic carbocycles. The van der Waals surface area contributed by atoms with Gasteiger partial charge in [0.25, 0.3) is 5.89 Å². The summed E-state index contributed by atoms with van der Waals surface area (Å²) in [6, 6.07) is 4.10. The predicted octanol–water partition coefficient (Wildman–Crippen LogP) is 2.98. The maximum atomic E-state index is 5.60. The normalized spacial score (nSPS) is 16.1. The molecule has 0 spiro atoms. The third-order valence-corrected chi connectivity index (χ3v) is 3.31. The summed E-state index contributed by atoms with van der Waals surface area (Å²) in [6.07, 6.45) is 2.40. The van der Waals surface area contributed by atoms with Gasteiger partial charge in [-0.1, -0.05) is 0 Å². The van der Waals surface area contributed by atoms with Gasteiger partial charge in [-0.25, -0.2) is 0 Å². The third kappa shape index (κ3) is 1.35. The molecule has 0 bridgehead atoms. The molecule has 3 rings (SSSR count). The zero-order valence-corrected chi connectivity index (χ0v) is 8.67. The minimum absolute atomic E-state index is 0.539. The van der Waals surface area contributed by atoms with Gasteiger partial charge in [0.15, 0.2) is 0 Å². The first-order valence-corrected chi connectivity index (χ1v) is 5.55. The zero-order valence-electron chi connectivity index (χ0n) is 7.86. The van der Waals surface area contributed by atoms with Gasteiger partial charge in [-0.05, 0) is 31.9 Å². The van der Waals surface area contributed by atoms with Crippen molar-refractivity contribution in [2.45, 2.75) is 25.7 Å². The summed E-state index contributed by atoms with van der Waals surface area (Å²) < 4.78 is 5.60. The first-order chi connectivity index (χ1) is 6.83. The van der Waals surface area contributed by atoms with Crippen molar-refractivity contribution in [2.75, 3.05) is 0 Å². The molecule has 0 radical (unpaired) electrons. The standard InChI is InChI=1S/C10H10N2OS/c1-6-2-5-8(14-6)10-12-11-9(13-10)7-3-4-7/h2,5,7H,3-4H2,1H3. The van der Waals surface area contributed by atoms with E-state index in [4.69, 9.17) is 4.42 Å². The van der Waals surface area contributed by atoms with Gasteiger partial charge in [-0.3, -0.25) is 0 Å². The Morgan fingerprint density at radius 1 is 1.36 bits per heavy atom. The van der Waals surface area contributed by atoms with Crippen LogP contribution in [0.15, 0.2) is 16.5 Å². The lowest BCUT2D eigenvalue weighted by molar-refractivity contribution is 0.509. The second-order valence-electron chi connectivity index (χ2n) is 3.63. The third-order valence-electron chi connectivity index (χ3n) is 2.32. The first kappa shape index (κ1) is 8.17. The number of nitrogens with zero attached hydrogens (tertiary/aromatic N) is 2. The summed E-state index contributed by atoms with van der Waals surface area (Å²) in [6.45, 7) is 2.08. The molecule has 4 heteroatoms. The fourth-order valence-corrected chi connectivity index (χ4v) is 2.17. The van der Waals surface area contributed by atoms with Crippen molar-refractivity contribution >= 4 is 11.3 Å². The second kappa shape index (κ2) is 2.92. The summed E-state index contributed by atoms with van der Waals surface area (Å²) in [7, 11) is 0. The summed E-state index contributed by atoms with van der Waals surface area (Å²) in [4.78, 5) is 2.34. The molecule has 0 aliphatic heterocycles. The number of aryl methyl sites for hydroxylation is 1. The van der Waals surface area contributed by atoms with Crippen LogP contribution in [0.5, 0.6) is 0 Å². The molecule has 1 fully saturated rings. The van der Waals surface area contributed by atoms with Crippen LogP contribution in [0.1, 0.15) is 29.5 Å². The molecule has 2 heterocycles. The lowest BCUT2D eigenvalue weighted by atomic mass is 10.4. The van der Waals surface area contributed by atoms with E-state index in [0.29, 0.717) is 11.8 Å². The van der Waals surface area contributed by atoms with Crippen LogP contribution in [0.2, 0.25) is 0 Å². The fourth-order valence-electron chi connectivity index (χ4n) is 1.38. The van der Waals surface area contributed by atoms with Crippen molar-refractivity contribution in [1.29, 1.82) is 0 Å². The van der Waals surface area contributed by atoms with Gasteiger partial charge in [0.1, 0.15) is 0 Å². The van der Waals surface area contributed by atoms with Crippen LogP contribution >= 0.6 is 11.3 Å². The van der Waals surface area contributed by atoms with Crippen molar-refractivity contribution in [3.05, 3.63) is 22.9 Å². The van der Waals surface area contributed by atoms with E-state index in [-0.39, 0.29) is 0 Å². The van der Waals surface area contributed by atoms with Gasteiger partial charge < -0.3 is 4.42 Å². The molecule has 0 atom stereocenters. The van der Waals surface area contributed by atoms with Crippen LogP contribution in [-0.4, -0.2) is 10.2 Å². The molecular formula is C10H10N2OS. The lowest BCUT2D eigenvalue weighted by Crippen LogP contribution is -1.75. The van der Waals surface area contributed by atoms with E-state index in [2.05, 4.69) is 23.2 Å². The zero-order chi connectivity index (χ0) is 9.54. The van der Waals surface area contributed by atoms with Crippen molar-refractivity contribution < 1.29 is 4.42 Å². The van der Waals surface area contributed by atoms with Crippen molar-refractivity contribution in [3.63, 3.8) is 0 Å². The Labute approximate surface area is 85.8 Å². The van der Waals surface area contributed by atoms with Crippen molar-refractivity contribution in [3.8, 4) is 10.8 Å². The molecule has 0 unspecified atom stereocenters. The van der Waals surface area contributed by atoms with Gasteiger partial charge in [0.2, 0.25) is 5.89 Å².